The summed E-state index contributed by atoms with van der Waals surface area (Å²) in [5, 5.41) is 11.3. The fraction of sp³-hybridized carbons (Fsp3) is 0.211. The average molecular weight is 391 g/mol. The topological polar surface area (TPSA) is 81.9 Å². The van der Waals surface area contributed by atoms with E-state index in [1.165, 1.54) is 30.2 Å². The van der Waals surface area contributed by atoms with E-state index in [0.29, 0.717) is 34.3 Å². The lowest BCUT2D eigenvalue weighted by molar-refractivity contribution is -0.384. The molecule has 7 nitrogen and oxygen atoms in total. The lowest BCUT2D eigenvalue weighted by Crippen LogP contribution is -2.26. The van der Waals surface area contributed by atoms with Crippen LogP contribution in [0.2, 0.25) is 5.02 Å². The molecule has 142 valence electrons. The van der Waals surface area contributed by atoms with Crippen LogP contribution in [-0.4, -0.2) is 36.5 Å². The van der Waals surface area contributed by atoms with E-state index in [0.717, 1.165) is 0 Å². The zero-order chi connectivity index (χ0) is 20.0. The summed E-state index contributed by atoms with van der Waals surface area (Å²) in [5.41, 5.74) is 0.794. The van der Waals surface area contributed by atoms with E-state index in [-0.39, 0.29) is 18.1 Å². The van der Waals surface area contributed by atoms with Gasteiger partial charge in [-0.1, -0.05) is 24.3 Å². The highest BCUT2D eigenvalue weighted by Crippen LogP contribution is 2.29. The first-order valence-electron chi connectivity index (χ1n) is 7.97. The van der Waals surface area contributed by atoms with Crippen molar-refractivity contribution >= 4 is 23.2 Å². The number of halogens is 1. The number of benzene rings is 2. The van der Waals surface area contributed by atoms with Crippen LogP contribution in [0.15, 0.2) is 49.1 Å². The first-order chi connectivity index (χ1) is 12.9. The van der Waals surface area contributed by atoms with Gasteiger partial charge < -0.3 is 14.4 Å². The molecule has 0 aliphatic carbocycles. The van der Waals surface area contributed by atoms with Crippen LogP contribution < -0.4 is 9.47 Å². The van der Waals surface area contributed by atoms with Gasteiger partial charge in [0, 0.05) is 36.3 Å². The number of nitro benzene ring substituents is 1. The van der Waals surface area contributed by atoms with Crippen LogP contribution in [0.4, 0.5) is 5.69 Å². The van der Waals surface area contributed by atoms with Gasteiger partial charge in [0.2, 0.25) is 0 Å². The Balaban J connectivity index is 2.21. The lowest BCUT2D eigenvalue weighted by Gasteiger charge is -2.19. The maximum Gasteiger partial charge on any atom is 0.269 e. The van der Waals surface area contributed by atoms with Crippen molar-refractivity contribution in [2.75, 3.05) is 20.8 Å². The zero-order valence-corrected chi connectivity index (χ0v) is 15.7. The fourth-order valence-electron chi connectivity index (χ4n) is 2.41. The molecule has 0 spiro atoms. The molecule has 0 atom stereocenters. The average Bonchev–Trinajstić information content (AvgIpc) is 2.66. The van der Waals surface area contributed by atoms with Crippen molar-refractivity contribution in [2.24, 2.45) is 0 Å². The van der Waals surface area contributed by atoms with E-state index < -0.39 is 4.92 Å². The molecule has 0 saturated heterocycles. The lowest BCUT2D eigenvalue weighted by atomic mass is 10.1. The normalized spacial score (nSPS) is 10.2. The SMILES string of the molecule is C=CCOc1ccc(C(=O)N(C)Cc2cc([N+](=O)[O-])ccc2Cl)cc1OC. The van der Waals surface area contributed by atoms with Crippen molar-refractivity contribution < 1.29 is 19.2 Å². The fourth-order valence-corrected chi connectivity index (χ4v) is 2.59. The molecular formula is C19H19ClN2O5. The van der Waals surface area contributed by atoms with Gasteiger partial charge in [0.25, 0.3) is 11.6 Å². The number of methoxy groups -OCH3 is 1. The molecule has 0 aromatic heterocycles. The first kappa shape index (κ1) is 20.3. The second-order valence-corrected chi connectivity index (χ2v) is 6.07. The molecule has 0 aliphatic rings. The largest absolute Gasteiger partial charge is 0.493 e. The number of carbonyl (C=O) groups excluding carboxylic acids is 1. The van der Waals surface area contributed by atoms with Gasteiger partial charge in [0.15, 0.2) is 11.5 Å². The van der Waals surface area contributed by atoms with E-state index >= 15 is 0 Å². The molecule has 0 saturated carbocycles. The van der Waals surface area contributed by atoms with E-state index in [1.807, 2.05) is 0 Å². The quantitative estimate of drug-likeness (QED) is 0.385. The second-order valence-electron chi connectivity index (χ2n) is 5.66. The van der Waals surface area contributed by atoms with Crippen LogP contribution in [0.3, 0.4) is 0 Å². The summed E-state index contributed by atoms with van der Waals surface area (Å²) in [6, 6.07) is 8.96. The number of non-ortho nitro benzene ring substituents is 1. The summed E-state index contributed by atoms with van der Waals surface area (Å²) in [6.07, 6.45) is 1.61. The highest BCUT2D eigenvalue weighted by Gasteiger charge is 2.18. The molecule has 0 fully saturated rings. The Hall–Kier alpha value is -3.06. The molecular weight excluding hydrogens is 372 g/mol. The summed E-state index contributed by atoms with van der Waals surface area (Å²) in [4.78, 5) is 24.6. The van der Waals surface area contributed by atoms with E-state index in [1.54, 1.807) is 31.3 Å². The predicted octanol–water partition coefficient (Wildman–Crippen LogP) is 4.09. The van der Waals surface area contributed by atoms with Crippen molar-refractivity contribution in [1.29, 1.82) is 0 Å². The van der Waals surface area contributed by atoms with Gasteiger partial charge >= 0.3 is 0 Å². The van der Waals surface area contributed by atoms with Crippen molar-refractivity contribution in [2.45, 2.75) is 6.54 Å². The van der Waals surface area contributed by atoms with Crippen molar-refractivity contribution in [3.8, 4) is 11.5 Å². The monoisotopic (exact) mass is 390 g/mol. The minimum absolute atomic E-state index is 0.0827. The van der Waals surface area contributed by atoms with Gasteiger partial charge in [-0.25, -0.2) is 0 Å². The number of rotatable bonds is 8. The molecule has 0 N–H and O–H groups in total. The number of ether oxygens (including phenoxy) is 2. The third-order valence-electron chi connectivity index (χ3n) is 3.76. The smallest absolute Gasteiger partial charge is 0.269 e. The highest BCUT2D eigenvalue weighted by molar-refractivity contribution is 6.31. The molecule has 0 radical (unpaired) electrons. The third-order valence-corrected chi connectivity index (χ3v) is 4.13. The minimum Gasteiger partial charge on any atom is -0.493 e. The number of hydrogen-bond donors (Lipinski definition) is 0. The van der Waals surface area contributed by atoms with Crippen LogP contribution in [0, 0.1) is 10.1 Å². The third kappa shape index (κ3) is 4.98. The van der Waals surface area contributed by atoms with Gasteiger partial charge in [-0.3, -0.25) is 14.9 Å². The minimum atomic E-state index is -0.505. The Morgan fingerprint density at radius 3 is 2.67 bits per heavy atom. The van der Waals surface area contributed by atoms with Crippen LogP contribution in [0.1, 0.15) is 15.9 Å². The summed E-state index contributed by atoms with van der Waals surface area (Å²) < 4.78 is 10.7. The van der Waals surface area contributed by atoms with Gasteiger partial charge in [0.05, 0.1) is 12.0 Å². The number of hydrogen-bond acceptors (Lipinski definition) is 5. The van der Waals surface area contributed by atoms with Gasteiger partial charge in [-0.2, -0.15) is 0 Å². The number of carbonyl (C=O) groups is 1. The Bertz CT molecular complexity index is 869. The highest BCUT2D eigenvalue weighted by atomic mass is 35.5. The molecule has 0 heterocycles. The van der Waals surface area contributed by atoms with Crippen LogP contribution in [-0.2, 0) is 6.54 Å². The van der Waals surface area contributed by atoms with E-state index in [4.69, 9.17) is 21.1 Å². The summed E-state index contributed by atoms with van der Waals surface area (Å²) in [7, 11) is 3.07. The van der Waals surface area contributed by atoms with Gasteiger partial charge in [-0.15, -0.1) is 0 Å². The zero-order valence-electron chi connectivity index (χ0n) is 15.0. The summed E-state index contributed by atoms with van der Waals surface area (Å²) >= 11 is 6.11. The van der Waals surface area contributed by atoms with Gasteiger partial charge in [0.1, 0.15) is 6.61 Å². The Morgan fingerprint density at radius 2 is 2.04 bits per heavy atom. The number of nitro groups is 1. The molecule has 8 heteroatoms. The maximum atomic E-state index is 12.7. The molecule has 0 unspecified atom stereocenters. The number of amides is 1. The van der Waals surface area contributed by atoms with Crippen LogP contribution in [0.5, 0.6) is 11.5 Å². The predicted molar refractivity (Wildman–Crippen MR) is 103 cm³/mol. The first-order valence-corrected chi connectivity index (χ1v) is 8.35. The Labute approximate surface area is 161 Å². The molecule has 0 bridgehead atoms. The maximum absolute atomic E-state index is 12.7. The summed E-state index contributed by atoms with van der Waals surface area (Å²) in [5.74, 6) is 0.633. The molecule has 27 heavy (non-hydrogen) atoms. The Morgan fingerprint density at radius 1 is 1.30 bits per heavy atom. The van der Waals surface area contributed by atoms with E-state index in [2.05, 4.69) is 6.58 Å². The molecule has 0 aliphatic heterocycles. The van der Waals surface area contributed by atoms with Crippen molar-refractivity contribution in [3.63, 3.8) is 0 Å². The molecule has 2 rings (SSSR count). The Kier molecular flexibility index (Phi) is 6.79. The molecule has 1 amide bonds. The molecule has 2 aromatic carbocycles. The van der Waals surface area contributed by atoms with Crippen LogP contribution in [0.25, 0.3) is 0 Å². The van der Waals surface area contributed by atoms with Crippen molar-refractivity contribution in [3.05, 3.63) is 75.3 Å². The molecule has 2 aromatic rings. The van der Waals surface area contributed by atoms with Gasteiger partial charge in [-0.05, 0) is 29.8 Å². The number of nitrogens with zero attached hydrogens (tertiary/aromatic N) is 2. The van der Waals surface area contributed by atoms with E-state index in [9.17, 15) is 14.9 Å². The standard InChI is InChI=1S/C19H19ClN2O5/c1-4-9-27-17-8-5-13(11-18(17)26-3)19(23)21(2)12-14-10-15(22(24)25)6-7-16(14)20/h4-8,10-11H,1,9,12H2,2-3H3. The van der Waals surface area contributed by atoms with Crippen molar-refractivity contribution in [1.82, 2.24) is 4.90 Å². The van der Waals surface area contributed by atoms with Crippen LogP contribution >= 0.6 is 11.6 Å². The second kappa shape index (κ2) is 9.05. The summed E-state index contributed by atoms with van der Waals surface area (Å²) in [6.45, 7) is 4.02.